The number of rotatable bonds is 7. The second-order valence-electron chi connectivity index (χ2n) is 5.50. The molecule has 1 rings (SSSR count). The lowest BCUT2D eigenvalue weighted by molar-refractivity contribution is -0.138. The van der Waals surface area contributed by atoms with Crippen LogP contribution in [0.3, 0.4) is 0 Å². The number of nitrogens with zero attached hydrogens (tertiary/aromatic N) is 2. The number of carboxylic acid groups (broad SMARTS) is 1. The van der Waals surface area contributed by atoms with E-state index < -0.39 is 5.97 Å². The Bertz CT molecular complexity index is 315. The number of piperazine rings is 1. The van der Waals surface area contributed by atoms with Crippen LogP contribution in [0.5, 0.6) is 0 Å². The van der Waals surface area contributed by atoms with Crippen molar-refractivity contribution in [3.8, 4) is 0 Å². The first-order valence-corrected chi connectivity index (χ1v) is 7.52. The Morgan fingerprint density at radius 2 is 1.85 bits per heavy atom. The lowest BCUT2D eigenvalue weighted by Gasteiger charge is -2.34. The molecule has 0 aromatic rings. The van der Waals surface area contributed by atoms with Gasteiger partial charge in [0.15, 0.2) is 0 Å². The van der Waals surface area contributed by atoms with Crippen molar-refractivity contribution in [1.29, 1.82) is 0 Å². The number of urea groups is 1. The van der Waals surface area contributed by atoms with Crippen molar-refractivity contribution in [1.82, 2.24) is 15.1 Å². The van der Waals surface area contributed by atoms with Gasteiger partial charge in [0.1, 0.15) is 0 Å². The molecule has 0 saturated carbocycles. The largest absolute Gasteiger partial charge is 0.480 e. The number of unbranched alkanes of at least 4 members (excludes halogenated alkanes) is 2. The highest BCUT2D eigenvalue weighted by atomic mass is 16.4. The number of carbonyl (C=O) groups excluding carboxylic acids is 1. The molecular formula is C14H27N3O3. The molecule has 0 aromatic heterocycles. The predicted octanol–water partition coefficient (Wildman–Crippen LogP) is 1.37. The van der Waals surface area contributed by atoms with Crippen LogP contribution in [-0.2, 0) is 4.79 Å². The maximum absolute atomic E-state index is 12.1. The minimum atomic E-state index is -0.813. The summed E-state index contributed by atoms with van der Waals surface area (Å²) in [7, 11) is 0. The highest BCUT2D eigenvalue weighted by Gasteiger charge is 2.22. The molecular weight excluding hydrogens is 258 g/mol. The maximum Gasteiger partial charge on any atom is 0.317 e. The molecule has 1 aliphatic heterocycles. The zero-order valence-electron chi connectivity index (χ0n) is 12.6. The molecule has 2 N–H and O–H groups in total. The molecule has 1 heterocycles. The van der Waals surface area contributed by atoms with Crippen molar-refractivity contribution in [3.63, 3.8) is 0 Å². The maximum atomic E-state index is 12.1. The molecule has 1 aliphatic rings. The van der Waals surface area contributed by atoms with Crippen molar-refractivity contribution in [2.45, 2.75) is 45.6 Å². The van der Waals surface area contributed by atoms with Crippen molar-refractivity contribution < 1.29 is 14.7 Å². The van der Waals surface area contributed by atoms with Gasteiger partial charge in [-0.1, -0.05) is 26.2 Å². The Balaban J connectivity index is 2.23. The van der Waals surface area contributed by atoms with Crippen LogP contribution in [0.2, 0.25) is 0 Å². The van der Waals surface area contributed by atoms with Crippen LogP contribution in [0.15, 0.2) is 0 Å². The summed E-state index contributed by atoms with van der Waals surface area (Å²) in [4.78, 5) is 26.3. The minimum Gasteiger partial charge on any atom is -0.480 e. The van der Waals surface area contributed by atoms with Crippen LogP contribution in [0.1, 0.15) is 39.5 Å². The average Bonchev–Trinajstić information content (AvgIpc) is 2.39. The van der Waals surface area contributed by atoms with Gasteiger partial charge in [-0.15, -0.1) is 0 Å². The molecule has 20 heavy (non-hydrogen) atoms. The Kier molecular flexibility index (Phi) is 7.36. The summed E-state index contributed by atoms with van der Waals surface area (Å²) in [5, 5.41) is 11.7. The van der Waals surface area contributed by atoms with E-state index in [0.29, 0.717) is 26.2 Å². The van der Waals surface area contributed by atoms with Gasteiger partial charge in [-0.05, 0) is 13.3 Å². The summed E-state index contributed by atoms with van der Waals surface area (Å²) in [6.45, 7) is 6.71. The Morgan fingerprint density at radius 3 is 2.40 bits per heavy atom. The predicted molar refractivity (Wildman–Crippen MR) is 77.8 cm³/mol. The highest BCUT2D eigenvalue weighted by Crippen LogP contribution is 2.05. The third kappa shape index (κ3) is 6.23. The third-order valence-corrected chi connectivity index (χ3v) is 3.63. The number of nitrogens with one attached hydrogen (secondary N) is 1. The van der Waals surface area contributed by atoms with Crippen molar-refractivity contribution >= 4 is 12.0 Å². The molecule has 0 bridgehead atoms. The molecule has 0 spiro atoms. The Hall–Kier alpha value is -1.30. The first-order valence-electron chi connectivity index (χ1n) is 7.52. The fourth-order valence-electron chi connectivity index (χ4n) is 2.38. The number of carbonyl (C=O) groups is 2. The molecule has 0 radical (unpaired) electrons. The van der Waals surface area contributed by atoms with Gasteiger partial charge in [0.2, 0.25) is 0 Å². The number of carboxylic acids is 1. The van der Waals surface area contributed by atoms with E-state index >= 15 is 0 Å². The topological polar surface area (TPSA) is 72.9 Å². The highest BCUT2D eigenvalue weighted by molar-refractivity contribution is 5.74. The second kappa shape index (κ2) is 8.79. The van der Waals surface area contributed by atoms with Gasteiger partial charge in [-0.2, -0.15) is 0 Å². The summed E-state index contributed by atoms with van der Waals surface area (Å²) < 4.78 is 0. The van der Waals surface area contributed by atoms with E-state index in [4.69, 9.17) is 5.11 Å². The molecule has 2 amide bonds. The lowest BCUT2D eigenvalue weighted by Crippen LogP contribution is -2.53. The lowest BCUT2D eigenvalue weighted by atomic mass is 10.1. The SMILES string of the molecule is CCCCCC(C)NC(=O)N1CCN(CC(=O)O)CC1. The monoisotopic (exact) mass is 285 g/mol. The van der Waals surface area contributed by atoms with E-state index in [1.165, 1.54) is 12.8 Å². The summed E-state index contributed by atoms with van der Waals surface area (Å²) in [6, 6.07) is 0.176. The van der Waals surface area contributed by atoms with E-state index in [1.54, 1.807) is 4.90 Å². The van der Waals surface area contributed by atoms with Crippen LogP contribution in [0.4, 0.5) is 4.79 Å². The molecule has 6 nitrogen and oxygen atoms in total. The zero-order chi connectivity index (χ0) is 15.0. The summed E-state index contributed by atoms with van der Waals surface area (Å²) >= 11 is 0. The molecule has 0 aromatic carbocycles. The molecule has 1 saturated heterocycles. The molecule has 0 aliphatic carbocycles. The number of hydrogen-bond acceptors (Lipinski definition) is 3. The normalized spacial score (nSPS) is 17.8. The summed E-state index contributed by atoms with van der Waals surface area (Å²) in [5.74, 6) is -0.813. The standard InChI is InChI=1S/C14H27N3O3/c1-3-4-5-6-12(2)15-14(20)17-9-7-16(8-10-17)11-13(18)19/h12H,3-11H2,1-2H3,(H,15,20)(H,18,19). The smallest absolute Gasteiger partial charge is 0.317 e. The molecule has 1 fully saturated rings. The quantitative estimate of drug-likeness (QED) is 0.693. The molecule has 6 heteroatoms. The van der Waals surface area contributed by atoms with Gasteiger partial charge >= 0.3 is 12.0 Å². The van der Waals surface area contributed by atoms with Gasteiger partial charge in [-0.25, -0.2) is 4.79 Å². The van der Waals surface area contributed by atoms with E-state index in [2.05, 4.69) is 12.2 Å². The summed E-state index contributed by atoms with van der Waals surface area (Å²) in [6.07, 6.45) is 4.54. The minimum absolute atomic E-state index is 0.0241. The van der Waals surface area contributed by atoms with Crippen LogP contribution in [0, 0.1) is 0 Å². The first kappa shape index (κ1) is 16.8. The van der Waals surface area contributed by atoms with Gasteiger partial charge in [0, 0.05) is 32.2 Å². The van der Waals surface area contributed by atoms with Crippen LogP contribution in [-0.4, -0.2) is 65.7 Å². The second-order valence-corrected chi connectivity index (χ2v) is 5.50. The average molecular weight is 285 g/mol. The van der Waals surface area contributed by atoms with E-state index in [-0.39, 0.29) is 18.6 Å². The Morgan fingerprint density at radius 1 is 1.20 bits per heavy atom. The van der Waals surface area contributed by atoms with Gasteiger partial charge in [0.05, 0.1) is 6.54 Å². The zero-order valence-corrected chi connectivity index (χ0v) is 12.6. The molecule has 1 atom stereocenters. The molecule has 116 valence electrons. The molecule has 1 unspecified atom stereocenters. The van der Waals surface area contributed by atoms with Gasteiger partial charge < -0.3 is 15.3 Å². The third-order valence-electron chi connectivity index (χ3n) is 3.63. The van der Waals surface area contributed by atoms with Crippen LogP contribution >= 0.6 is 0 Å². The van der Waals surface area contributed by atoms with Crippen LogP contribution < -0.4 is 5.32 Å². The van der Waals surface area contributed by atoms with Crippen molar-refractivity contribution in [2.75, 3.05) is 32.7 Å². The fourth-order valence-corrected chi connectivity index (χ4v) is 2.38. The van der Waals surface area contributed by atoms with Crippen molar-refractivity contribution in [3.05, 3.63) is 0 Å². The Labute approximate surface area is 121 Å². The fraction of sp³-hybridized carbons (Fsp3) is 0.857. The number of hydrogen-bond donors (Lipinski definition) is 2. The van der Waals surface area contributed by atoms with Gasteiger partial charge in [-0.3, -0.25) is 9.69 Å². The van der Waals surface area contributed by atoms with E-state index in [9.17, 15) is 9.59 Å². The summed E-state index contributed by atoms with van der Waals surface area (Å²) in [5.41, 5.74) is 0. The van der Waals surface area contributed by atoms with Gasteiger partial charge in [0.25, 0.3) is 0 Å². The first-order chi connectivity index (χ1) is 9.52. The number of amides is 2. The van der Waals surface area contributed by atoms with E-state index in [0.717, 1.165) is 12.8 Å². The van der Waals surface area contributed by atoms with E-state index in [1.807, 2.05) is 11.8 Å². The number of aliphatic carboxylic acids is 1. The van der Waals surface area contributed by atoms with Crippen LogP contribution in [0.25, 0.3) is 0 Å². The van der Waals surface area contributed by atoms with Crippen molar-refractivity contribution in [2.24, 2.45) is 0 Å².